The van der Waals surface area contributed by atoms with Crippen LogP contribution in [-0.2, 0) is 11.3 Å². The highest BCUT2D eigenvalue weighted by molar-refractivity contribution is 8.18. The van der Waals surface area contributed by atoms with Gasteiger partial charge in [0, 0.05) is 28.7 Å². The van der Waals surface area contributed by atoms with E-state index in [-0.39, 0.29) is 17.7 Å². The van der Waals surface area contributed by atoms with Gasteiger partial charge in [-0.2, -0.15) is 0 Å². The maximum absolute atomic E-state index is 13.2. The van der Waals surface area contributed by atoms with E-state index in [1.54, 1.807) is 0 Å². The standard InChI is InChI=1S/C27H24N2O2S/c1-3-18(2)28-17-21(23-13-6-7-14-24(23)28)15-25-26(30)29(27(31)32-25)16-20-11-8-10-19-9-4-5-12-22(19)20/h4-15,17-18H,3,16H2,1-2H3/b25-15+. The molecule has 0 radical (unpaired) electrons. The van der Waals surface area contributed by atoms with Crippen molar-refractivity contribution in [2.75, 3.05) is 0 Å². The monoisotopic (exact) mass is 440 g/mol. The number of carbonyl (C=O) groups is 2. The van der Waals surface area contributed by atoms with Crippen LogP contribution in [0.2, 0.25) is 0 Å². The van der Waals surface area contributed by atoms with Crippen molar-refractivity contribution in [2.45, 2.75) is 32.9 Å². The van der Waals surface area contributed by atoms with Gasteiger partial charge in [-0.3, -0.25) is 14.5 Å². The van der Waals surface area contributed by atoms with Gasteiger partial charge >= 0.3 is 0 Å². The molecule has 5 rings (SSSR count). The fourth-order valence-electron chi connectivity index (χ4n) is 4.29. The summed E-state index contributed by atoms with van der Waals surface area (Å²) in [4.78, 5) is 27.8. The topological polar surface area (TPSA) is 42.3 Å². The van der Waals surface area contributed by atoms with Crippen molar-refractivity contribution >= 4 is 50.7 Å². The number of amides is 2. The lowest BCUT2D eigenvalue weighted by Crippen LogP contribution is -2.27. The summed E-state index contributed by atoms with van der Waals surface area (Å²) < 4.78 is 2.25. The van der Waals surface area contributed by atoms with Crippen LogP contribution < -0.4 is 0 Å². The van der Waals surface area contributed by atoms with Gasteiger partial charge in [-0.25, -0.2) is 0 Å². The minimum Gasteiger partial charge on any atom is -0.344 e. The minimum absolute atomic E-state index is 0.222. The normalized spacial score (nSPS) is 16.6. The van der Waals surface area contributed by atoms with Gasteiger partial charge < -0.3 is 4.57 Å². The Morgan fingerprint density at radius 3 is 2.47 bits per heavy atom. The first-order valence-electron chi connectivity index (χ1n) is 10.9. The summed E-state index contributed by atoms with van der Waals surface area (Å²) in [6.07, 6.45) is 4.98. The molecule has 4 nitrogen and oxygen atoms in total. The molecule has 1 fully saturated rings. The first kappa shape index (κ1) is 20.6. The Morgan fingerprint density at radius 1 is 0.938 bits per heavy atom. The summed E-state index contributed by atoms with van der Waals surface area (Å²) in [6.45, 7) is 4.63. The molecule has 32 heavy (non-hydrogen) atoms. The van der Waals surface area contributed by atoms with E-state index in [1.165, 1.54) is 4.90 Å². The molecule has 0 saturated carbocycles. The van der Waals surface area contributed by atoms with Crippen LogP contribution in [0.4, 0.5) is 4.79 Å². The molecule has 1 atom stereocenters. The lowest BCUT2D eigenvalue weighted by molar-refractivity contribution is -0.123. The highest BCUT2D eigenvalue weighted by Gasteiger charge is 2.35. The number of thioether (sulfide) groups is 1. The number of fused-ring (bicyclic) bond motifs is 2. The van der Waals surface area contributed by atoms with E-state index < -0.39 is 0 Å². The summed E-state index contributed by atoms with van der Waals surface area (Å²) in [5, 5.41) is 3.04. The van der Waals surface area contributed by atoms with Crippen LogP contribution in [0.1, 0.15) is 37.4 Å². The third-order valence-electron chi connectivity index (χ3n) is 6.21. The predicted octanol–water partition coefficient (Wildman–Crippen LogP) is 7.00. The molecule has 3 aromatic carbocycles. The highest BCUT2D eigenvalue weighted by Crippen LogP contribution is 2.36. The molecule has 0 N–H and O–H groups in total. The van der Waals surface area contributed by atoms with E-state index in [0.29, 0.717) is 10.9 Å². The van der Waals surface area contributed by atoms with Crippen LogP contribution in [0.15, 0.2) is 77.8 Å². The second-order valence-corrected chi connectivity index (χ2v) is 9.17. The van der Waals surface area contributed by atoms with E-state index in [0.717, 1.165) is 51.0 Å². The van der Waals surface area contributed by atoms with Crippen LogP contribution in [-0.4, -0.2) is 20.6 Å². The van der Waals surface area contributed by atoms with Gasteiger partial charge in [-0.15, -0.1) is 0 Å². The summed E-state index contributed by atoms with van der Waals surface area (Å²) in [5.74, 6) is -0.228. The first-order chi connectivity index (χ1) is 15.6. The van der Waals surface area contributed by atoms with Crippen molar-refractivity contribution in [1.29, 1.82) is 0 Å². The van der Waals surface area contributed by atoms with E-state index in [2.05, 4.69) is 36.7 Å². The highest BCUT2D eigenvalue weighted by atomic mass is 32.2. The van der Waals surface area contributed by atoms with Gasteiger partial charge in [0.25, 0.3) is 11.1 Å². The third kappa shape index (κ3) is 3.53. The number of rotatable bonds is 5. The Bertz CT molecular complexity index is 1380. The molecule has 1 aliphatic heterocycles. The largest absolute Gasteiger partial charge is 0.344 e. The Balaban J connectivity index is 1.49. The van der Waals surface area contributed by atoms with Crippen molar-refractivity contribution in [3.05, 3.63) is 89.0 Å². The van der Waals surface area contributed by atoms with Crippen molar-refractivity contribution in [2.24, 2.45) is 0 Å². The van der Waals surface area contributed by atoms with Gasteiger partial charge in [-0.05, 0) is 53.6 Å². The zero-order chi connectivity index (χ0) is 22.2. The molecule has 5 heteroatoms. The molecule has 2 heterocycles. The lowest BCUT2D eigenvalue weighted by atomic mass is 10.0. The summed E-state index contributed by atoms with van der Waals surface area (Å²) >= 11 is 1.02. The zero-order valence-electron chi connectivity index (χ0n) is 18.1. The summed E-state index contributed by atoms with van der Waals surface area (Å²) in [6, 6.07) is 22.6. The predicted molar refractivity (Wildman–Crippen MR) is 132 cm³/mol. The average molecular weight is 441 g/mol. The van der Waals surface area contributed by atoms with E-state index in [1.807, 2.05) is 60.7 Å². The molecule has 4 aromatic rings. The maximum atomic E-state index is 13.2. The quantitative estimate of drug-likeness (QED) is 0.314. The van der Waals surface area contributed by atoms with Gasteiger partial charge in [0.1, 0.15) is 0 Å². The molecule has 1 aromatic heterocycles. The van der Waals surface area contributed by atoms with E-state index >= 15 is 0 Å². The Hall–Kier alpha value is -3.31. The molecule has 1 unspecified atom stereocenters. The minimum atomic E-state index is -0.228. The fourth-order valence-corrected chi connectivity index (χ4v) is 5.12. The van der Waals surface area contributed by atoms with Crippen LogP contribution in [0.25, 0.3) is 27.8 Å². The van der Waals surface area contributed by atoms with Crippen molar-refractivity contribution in [3.8, 4) is 0 Å². The Kier molecular flexibility index (Phi) is 5.35. The number of imide groups is 1. The molecule has 2 amide bonds. The Labute approximate surface area is 191 Å². The number of carbonyl (C=O) groups excluding carboxylic acids is 2. The van der Waals surface area contributed by atoms with Crippen molar-refractivity contribution < 1.29 is 9.59 Å². The zero-order valence-corrected chi connectivity index (χ0v) is 18.9. The van der Waals surface area contributed by atoms with E-state index in [4.69, 9.17) is 0 Å². The maximum Gasteiger partial charge on any atom is 0.293 e. The molecule has 160 valence electrons. The van der Waals surface area contributed by atoms with Crippen molar-refractivity contribution in [3.63, 3.8) is 0 Å². The van der Waals surface area contributed by atoms with Crippen molar-refractivity contribution in [1.82, 2.24) is 9.47 Å². The number of aromatic nitrogens is 1. The molecule has 1 aliphatic rings. The number of para-hydroxylation sites is 1. The lowest BCUT2D eigenvalue weighted by Gasteiger charge is -2.14. The number of hydrogen-bond acceptors (Lipinski definition) is 3. The van der Waals surface area contributed by atoms with Gasteiger partial charge in [-0.1, -0.05) is 67.6 Å². The molecule has 0 bridgehead atoms. The summed E-state index contributed by atoms with van der Waals surface area (Å²) in [7, 11) is 0. The number of hydrogen-bond donors (Lipinski definition) is 0. The van der Waals surface area contributed by atoms with E-state index in [9.17, 15) is 9.59 Å². The third-order valence-corrected chi connectivity index (χ3v) is 7.11. The summed E-state index contributed by atoms with van der Waals surface area (Å²) in [5.41, 5.74) is 3.08. The van der Waals surface area contributed by atoms with Crippen LogP contribution in [0, 0.1) is 0 Å². The Morgan fingerprint density at radius 2 is 1.66 bits per heavy atom. The van der Waals surface area contributed by atoms with Crippen LogP contribution >= 0.6 is 11.8 Å². The second-order valence-electron chi connectivity index (χ2n) is 8.17. The molecule has 0 aliphatic carbocycles. The smallest absolute Gasteiger partial charge is 0.293 e. The molecular formula is C27H24N2O2S. The molecule has 0 spiro atoms. The first-order valence-corrected chi connectivity index (χ1v) is 11.7. The number of benzene rings is 3. The number of nitrogens with zero attached hydrogens (tertiary/aromatic N) is 2. The van der Waals surface area contributed by atoms with Gasteiger partial charge in [0.15, 0.2) is 0 Å². The van der Waals surface area contributed by atoms with Crippen LogP contribution in [0.5, 0.6) is 0 Å². The average Bonchev–Trinajstić information content (AvgIpc) is 3.31. The fraction of sp³-hybridized carbons (Fsp3) is 0.185. The van der Waals surface area contributed by atoms with Gasteiger partial charge in [0.2, 0.25) is 0 Å². The second kappa shape index (κ2) is 8.32. The van der Waals surface area contributed by atoms with Crippen LogP contribution in [0.3, 0.4) is 0 Å². The SMILES string of the molecule is CCC(C)n1cc(/C=C2/SC(=O)N(Cc3cccc4ccccc34)C2=O)c2ccccc21. The van der Waals surface area contributed by atoms with Gasteiger partial charge in [0.05, 0.1) is 11.4 Å². The molecule has 1 saturated heterocycles. The molecular weight excluding hydrogens is 416 g/mol.